The number of carbonyl (C=O) groups excluding carboxylic acids is 3. The van der Waals surface area contributed by atoms with Crippen molar-refractivity contribution in [1.82, 2.24) is 0 Å². The quantitative estimate of drug-likeness (QED) is 0.0261. The van der Waals surface area contributed by atoms with Crippen LogP contribution in [0.4, 0.5) is 0 Å². The van der Waals surface area contributed by atoms with Crippen LogP contribution in [0, 0.1) is 0 Å². The smallest absolute Gasteiger partial charge is 0.306 e. The van der Waals surface area contributed by atoms with Crippen LogP contribution in [0.5, 0.6) is 0 Å². The summed E-state index contributed by atoms with van der Waals surface area (Å²) >= 11 is 0. The fourth-order valence-corrected chi connectivity index (χ4v) is 11.5. The predicted octanol–water partition coefficient (Wildman–Crippen LogP) is 25.2. The lowest BCUT2D eigenvalue weighted by Crippen LogP contribution is -2.30. The average Bonchev–Trinajstić information content (AvgIpc) is 3.46. The highest BCUT2D eigenvalue weighted by atomic mass is 16.6. The molecule has 0 aromatic rings. The topological polar surface area (TPSA) is 78.9 Å². The molecule has 0 spiro atoms. The van der Waals surface area contributed by atoms with E-state index in [9.17, 15) is 14.4 Å². The third kappa shape index (κ3) is 66.9. The van der Waals surface area contributed by atoms with Crippen LogP contribution in [-0.2, 0) is 28.6 Å². The standard InChI is InChI=1S/C74H142O6/c1-4-7-10-13-16-19-21-23-25-27-29-31-32-33-34-35-36-37-38-39-40-41-42-44-45-47-49-51-53-55-58-61-64-67-73(76)79-70-71(69-78-72(75)66-63-60-57-18-15-12-9-6-3)80-74(77)68-65-62-59-56-54-52-50-48-46-43-30-28-26-24-22-20-17-14-11-8-5-2/h28,30,71H,4-27,29,31-70H2,1-3H3/b30-28-. The van der Waals surface area contributed by atoms with Gasteiger partial charge in [-0.3, -0.25) is 14.4 Å². The normalized spacial score (nSPS) is 12.0. The lowest BCUT2D eigenvalue weighted by atomic mass is 10.0. The van der Waals surface area contributed by atoms with Crippen molar-refractivity contribution >= 4 is 17.9 Å². The molecule has 0 saturated carbocycles. The Bertz CT molecular complexity index is 1250. The Balaban J connectivity index is 3.97. The molecule has 1 unspecified atom stereocenters. The number of unbranched alkanes of at least 4 members (excludes halogenated alkanes) is 56. The monoisotopic (exact) mass is 1130 g/mol. The molecule has 0 N–H and O–H groups in total. The minimum Gasteiger partial charge on any atom is -0.462 e. The minimum atomic E-state index is -0.766. The summed E-state index contributed by atoms with van der Waals surface area (Å²) in [4.78, 5) is 38.2. The van der Waals surface area contributed by atoms with Crippen LogP contribution in [0.2, 0.25) is 0 Å². The summed E-state index contributed by atoms with van der Waals surface area (Å²) in [6.07, 6.45) is 84.3. The van der Waals surface area contributed by atoms with Crippen LogP contribution in [-0.4, -0.2) is 37.2 Å². The van der Waals surface area contributed by atoms with Crippen molar-refractivity contribution in [3.63, 3.8) is 0 Å². The molecule has 80 heavy (non-hydrogen) atoms. The van der Waals surface area contributed by atoms with Crippen molar-refractivity contribution in [2.45, 2.75) is 431 Å². The summed E-state index contributed by atoms with van der Waals surface area (Å²) in [6, 6.07) is 0. The highest BCUT2D eigenvalue weighted by molar-refractivity contribution is 5.71. The van der Waals surface area contributed by atoms with Gasteiger partial charge in [0.15, 0.2) is 6.10 Å². The average molecular weight is 1130 g/mol. The molecule has 0 bridgehead atoms. The first-order valence-electron chi connectivity index (χ1n) is 36.7. The van der Waals surface area contributed by atoms with Crippen LogP contribution in [0.25, 0.3) is 0 Å². The van der Waals surface area contributed by atoms with Gasteiger partial charge in [0.25, 0.3) is 0 Å². The van der Waals surface area contributed by atoms with Crippen molar-refractivity contribution < 1.29 is 28.6 Å². The molecule has 0 aliphatic carbocycles. The highest BCUT2D eigenvalue weighted by Crippen LogP contribution is 2.19. The molecule has 0 rings (SSSR count). The number of allylic oxidation sites excluding steroid dienone is 2. The summed E-state index contributed by atoms with van der Waals surface area (Å²) in [6.45, 7) is 6.69. The van der Waals surface area contributed by atoms with E-state index in [1.54, 1.807) is 0 Å². The van der Waals surface area contributed by atoms with E-state index in [1.165, 1.54) is 327 Å². The highest BCUT2D eigenvalue weighted by Gasteiger charge is 2.20. The van der Waals surface area contributed by atoms with Gasteiger partial charge in [-0.15, -0.1) is 0 Å². The molecule has 474 valence electrons. The number of esters is 3. The number of hydrogen-bond acceptors (Lipinski definition) is 6. The van der Waals surface area contributed by atoms with Gasteiger partial charge in [0.05, 0.1) is 0 Å². The molecule has 0 aromatic carbocycles. The van der Waals surface area contributed by atoms with Crippen molar-refractivity contribution in [2.75, 3.05) is 13.2 Å². The predicted molar refractivity (Wildman–Crippen MR) is 349 cm³/mol. The molecule has 0 amide bonds. The van der Waals surface area contributed by atoms with E-state index in [2.05, 4.69) is 32.9 Å². The fourth-order valence-electron chi connectivity index (χ4n) is 11.5. The first-order chi connectivity index (χ1) is 39.5. The molecule has 0 aliphatic heterocycles. The second-order valence-electron chi connectivity index (χ2n) is 25.2. The largest absolute Gasteiger partial charge is 0.462 e. The number of ether oxygens (including phenoxy) is 3. The molecule has 0 fully saturated rings. The molecule has 1 atom stereocenters. The Morgan fingerprint density at radius 2 is 0.412 bits per heavy atom. The van der Waals surface area contributed by atoms with Crippen LogP contribution < -0.4 is 0 Å². The van der Waals surface area contributed by atoms with Crippen LogP contribution in [0.1, 0.15) is 425 Å². The molecule has 6 heteroatoms. The second-order valence-corrected chi connectivity index (χ2v) is 25.2. The number of carbonyl (C=O) groups is 3. The summed E-state index contributed by atoms with van der Waals surface area (Å²) in [7, 11) is 0. The van der Waals surface area contributed by atoms with Gasteiger partial charge >= 0.3 is 17.9 Å². The Morgan fingerprint density at radius 1 is 0.237 bits per heavy atom. The summed E-state index contributed by atoms with van der Waals surface area (Å²) in [5, 5.41) is 0. The lowest BCUT2D eigenvalue weighted by Gasteiger charge is -2.18. The van der Waals surface area contributed by atoms with Gasteiger partial charge in [0, 0.05) is 19.3 Å². The Kier molecular flexibility index (Phi) is 68.0. The van der Waals surface area contributed by atoms with Gasteiger partial charge < -0.3 is 14.2 Å². The van der Waals surface area contributed by atoms with E-state index >= 15 is 0 Å². The SMILES string of the molecule is CCCCCCCCCC/C=C\CCCCCCCCCCCC(=O)OC(COC(=O)CCCCCCCCCC)COC(=O)CCCCCCCCCCCCCCCCCCCCCCCCCCCCCCCCCCC. The molecular weight excluding hydrogens is 985 g/mol. The van der Waals surface area contributed by atoms with Gasteiger partial charge in [-0.05, 0) is 44.9 Å². The van der Waals surface area contributed by atoms with Gasteiger partial charge in [-0.25, -0.2) is 0 Å². The van der Waals surface area contributed by atoms with Gasteiger partial charge in [0.1, 0.15) is 13.2 Å². The van der Waals surface area contributed by atoms with Gasteiger partial charge in [-0.1, -0.05) is 373 Å². The summed E-state index contributed by atoms with van der Waals surface area (Å²) in [5.41, 5.74) is 0. The summed E-state index contributed by atoms with van der Waals surface area (Å²) in [5.74, 6) is -0.840. The maximum atomic E-state index is 12.9. The van der Waals surface area contributed by atoms with E-state index in [0.29, 0.717) is 19.3 Å². The van der Waals surface area contributed by atoms with Crippen molar-refractivity contribution in [3.05, 3.63) is 12.2 Å². The van der Waals surface area contributed by atoms with Gasteiger partial charge in [0.2, 0.25) is 0 Å². The van der Waals surface area contributed by atoms with E-state index in [1.807, 2.05) is 0 Å². The van der Waals surface area contributed by atoms with E-state index in [4.69, 9.17) is 14.2 Å². The Morgan fingerprint density at radius 3 is 0.625 bits per heavy atom. The van der Waals surface area contributed by atoms with E-state index < -0.39 is 6.10 Å². The van der Waals surface area contributed by atoms with Crippen molar-refractivity contribution in [1.29, 1.82) is 0 Å². The zero-order chi connectivity index (χ0) is 57.8. The zero-order valence-electron chi connectivity index (χ0n) is 54.6. The number of hydrogen-bond donors (Lipinski definition) is 0. The zero-order valence-corrected chi connectivity index (χ0v) is 54.6. The van der Waals surface area contributed by atoms with Crippen LogP contribution in [0.15, 0.2) is 12.2 Å². The van der Waals surface area contributed by atoms with Crippen molar-refractivity contribution in [3.8, 4) is 0 Å². The first-order valence-corrected chi connectivity index (χ1v) is 36.7. The third-order valence-electron chi connectivity index (χ3n) is 17.0. The first kappa shape index (κ1) is 78.1. The molecule has 0 heterocycles. The van der Waals surface area contributed by atoms with Crippen LogP contribution >= 0.6 is 0 Å². The maximum Gasteiger partial charge on any atom is 0.306 e. The second kappa shape index (κ2) is 69.6. The molecule has 0 radical (unpaired) electrons. The minimum absolute atomic E-state index is 0.0646. The lowest BCUT2D eigenvalue weighted by molar-refractivity contribution is -0.167. The van der Waals surface area contributed by atoms with Crippen LogP contribution in [0.3, 0.4) is 0 Å². The Labute approximate surface area is 501 Å². The molecule has 0 aromatic heterocycles. The van der Waals surface area contributed by atoms with E-state index in [-0.39, 0.29) is 31.1 Å². The molecular formula is C74H142O6. The number of rotatable bonds is 69. The maximum absolute atomic E-state index is 12.9. The summed E-state index contributed by atoms with van der Waals surface area (Å²) < 4.78 is 16.9. The van der Waals surface area contributed by atoms with E-state index in [0.717, 1.165) is 57.8 Å². The molecule has 0 saturated heterocycles. The van der Waals surface area contributed by atoms with Gasteiger partial charge in [-0.2, -0.15) is 0 Å². The molecule has 6 nitrogen and oxygen atoms in total. The third-order valence-corrected chi connectivity index (χ3v) is 17.0. The van der Waals surface area contributed by atoms with Crippen molar-refractivity contribution in [2.24, 2.45) is 0 Å². The Hall–Kier alpha value is -1.85. The molecule has 0 aliphatic rings. The fraction of sp³-hybridized carbons (Fsp3) is 0.932.